The Morgan fingerprint density at radius 1 is 1.39 bits per heavy atom. The van der Waals surface area contributed by atoms with Gasteiger partial charge in [0.1, 0.15) is 0 Å². The summed E-state index contributed by atoms with van der Waals surface area (Å²) in [5, 5.41) is 9.92. The zero-order chi connectivity index (χ0) is 12.8. The van der Waals surface area contributed by atoms with Gasteiger partial charge in [-0.2, -0.15) is 0 Å². The number of nitrogen functional groups attached to an aromatic ring is 1. The molecule has 3 N–H and O–H groups in total. The van der Waals surface area contributed by atoms with Gasteiger partial charge in [0, 0.05) is 18.7 Å². The number of hydrogen-bond acceptors (Lipinski definition) is 4. The second-order valence-corrected chi connectivity index (χ2v) is 4.69. The van der Waals surface area contributed by atoms with Gasteiger partial charge in [0.15, 0.2) is 6.29 Å². The van der Waals surface area contributed by atoms with E-state index in [1.807, 2.05) is 24.3 Å². The molecule has 2 unspecified atom stereocenters. The third kappa shape index (κ3) is 3.98. The van der Waals surface area contributed by atoms with Crippen LogP contribution in [0.3, 0.4) is 0 Å². The van der Waals surface area contributed by atoms with Gasteiger partial charge in [-0.25, -0.2) is 0 Å². The highest BCUT2D eigenvalue weighted by molar-refractivity contribution is 5.46. The average molecular weight is 251 g/mol. The molecule has 4 nitrogen and oxygen atoms in total. The summed E-state index contributed by atoms with van der Waals surface area (Å²) in [4.78, 5) is 0. The van der Waals surface area contributed by atoms with Crippen LogP contribution in [0.1, 0.15) is 24.8 Å². The average Bonchev–Trinajstić information content (AvgIpc) is 2.40. The van der Waals surface area contributed by atoms with E-state index in [1.54, 1.807) is 0 Å². The Morgan fingerprint density at radius 2 is 2.22 bits per heavy atom. The molecule has 1 saturated heterocycles. The molecule has 0 aliphatic carbocycles. The lowest BCUT2D eigenvalue weighted by Gasteiger charge is -2.24. The van der Waals surface area contributed by atoms with Crippen molar-refractivity contribution in [2.75, 3.05) is 18.9 Å². The van der Waals surface area contributed by atoms with Crippen LogP contribution in [-0.2, 0) is 15.9 Å². The van der Waals surface area contributed by atoms with Crippen LogP contribution in [0.25, 0.3) is 0 Å². The number of aliphatic hydroxyl groups excluding tert-OH is 1. The lowest BCUT2D eigenvalue weighted by Crippen LogP contribution is -2.28. The number of nitrogens with two attached hydrogens (primary N) is 1. The highest BCUT2D eigenvalue weighted by atomic mass is 16.7. The van der Waals surface area contributed by atoms with E-state index in [2.05, 4.69) is 0 Å². The Morgan fingerprint density at radius 3 is 2.94 bits per heavy atom. The van der Waals surface area contributed by atoms with Gasteiger partial charge in [0.2, 0.25) is 0 Å². The third-order valence-corrected chi connectivity index (χ3v) is 3.12. The van der Waals surface area contributed by atoms with Crippen molar-refractivity contribution in [1.82, 2.24) is 0 Å². The maximum atomic E-state index is 9.92. The minimum Gasteiger partial charge on any atom is -0.399 e. The molecule has 0 spiro atoms. The van der Waals surface area contributed by atoms with Gasteiger partial charge in [-0.3, -0.25) is 0 Å². The first-order chi connectivity index (χ1) is 8.75. The van der Waals surface area contributed by atoms with Gasteiger partial charge in [-0.1, -0.05) is 18.2 Å². The zero-order valence-corrected chi connectivity index (χ0v) is 10.5. The van der Waals surface area contributed by atoms with E-state index >= 15 is 0 Å². The van der Waals surface area contributed by atoms with Crippen LogP contribution < -0.4 is 5.73 Å². The molecule has 0 bridgehead atoms. The monoisotopic (exact) mass is 251 g/mol. The van der Waals surface area contributed by atoms with E-state index in [4.69, 9.17) is 15.2 Å². The van der Waals surface area contributed by atoms with Crippen LogP contribution in [0.2, 0.25) is 0 Å². The number of aliphatic hydroxyl groups is 1. The number of anilines is 1. The Labute approximate surface area is 108 Å². The first-order valence-corrected chi connectivity index (χ1v) is 6.50. The fourth-order valence-corrected chi connectivity index (χ4v) is 2.09. The quantitative estimate of drug-likeness (QED) is 0.782. The summed E-state index contributed by atoms with van der Waals surface area (Å²) in [6.07, 6.45) is 2.97. The first-order valence-electron chi connectivity index (χ1n) is 6.50. The number of benzene rings is 1. The van der Waals surface area contributed by atoms with E-state index in [1.165, 1.54) is 0 Å². The Balaban J connectivity index is 1.74. The van der Waals surface area contributed by atoms with Crippen LogP contribution >= 0.6 is 0 Å². The van der Waals surface area contributed by atoms with Crippen LogP contribution in [0.5, 0.6) is 0 Å². The Bertz CT molecular complexity index is 364. The van der Waals surface area contributed by atoms with Crippen LogP contribution in [0.15, 0.2) is 24.3 Å². The summed E-state index contributed by atoms with van der Waals surface area (Å²) in [6.45, 7) is 1.05. The molecule has 100 valence electrons. The highest BCUT2D eigenvalue weighted by Crippen LogP contribution is 2.16. The Kier molecular flexibility index (Phi) is 4.99. The molecule has 1 fully saturated rings. The molecule has 0 amide bonds. The molecular weight excluding hydrogens is 230 g/mol. The van der Waals surface area contributed by atoms with E-state index in [0.717, 1.165) is 31.4 Å². The summed E-state index contributed by atoms with van der Waals surface area (Å²) in [5.41, 5.74) is 7.50. The number of para-hydroxylation sites is 1. The van der Waals surface area contributed by atoms with E-state index < -0.39 is 6.10 Å². The summed E-state index contributed by atoms with van der Waals surface area (Å²) in [7, 11) is 0. The minimum atomic E-state index is -0.541. The van der Waals surface area contributed by atoms with Gasteiger partial charge >= 0.3 is 0 Å². The summed E-state index contributed by atoms with van der Waals surface area (Å²) in [6, 6.07) is 7.57. The van der Waals surface area contributed by atoms with Crippen molar-refractivity contribution < 1.29 is 14.6 Å². The summed E-state index contributed by atoms with van der Waals surface area (Å²) >= 11 is 0. The molecule has 2 atom stereocenters. The zero-order valence-electron chi connectivity index (χ0n) is 10.5. The van der Waals surface area contributed by atoms with Crippen molar-refractivity contribution in [1.29, 1.82) is 0 Å². The fraction of sp³-hybridized carbons (Fsp3) is 0.571. The molecule has 1 aromatic rings. The van der Waals surface area contributed by atoms with Gasteiger partial charge in [0.25, 0.3) is 0 Å². The predicted molar refractivity (Wildman–Crippen MR) is 70.1 cm³/mol. The third-order valence-electron chi connectivity index (χ3n) is 3.12. The summed E-state index contributed by atoms with van der Waals surface area (Å²) < 4.78 is 11.0. The predicted octanol–water partition coefficient (Wildman–Crippen LogP) is 1.72. The van der Waals surface area contributed by atoms with Crippen molar-refractivity contribution in [2.24, 2.45) is 0 Å². The van der Waals surface area contributed by atoms with E-state index in [9.17, 15) is 5.11 Å². The fourth-order valence-electron chi connectivity index (χ4n) is 2.09. The van der Waals surface area contributed by atoms with Crippen molar-refractivity contribution in [3.8, 4) is 0 Å². The molecule has 0 radical (unpaired) electrons. The highest BCUT2D eigenvalue weighted by Gasteiger charge is 2.16. The number of hydrogen-bond donors (Lipinski definition) is 2. The van der Waals surface area contributed by atoms with Gasteiger partial charge in [-0.05, 0) is 30.9 Å². The van der Waals surface area contributed by atoms with Gasteiger partial charge < -0.3 is 20.3 Å². The van der Waals surface area contributed by atoms with Crippen LogP contribution in [0, 0.1) is 0 Å². The molecule has 18 heavy (non-hydrogen) atoms. The summed E-state index contributed by atoms with van der Waals surface area (Å²) in [5.74, 6) is 0. The second-order valence-electron chi connectivity index (χ2n) is 4.69. The van der Waals surface area contributed by atoms with Crippen molar-refractivity contribution >= 4 is 5.69 Å². The number of rotatable bonds is 5. The second kappa shape index (κ2) is 6.73. The maximum absolute atomic E-state index is 9.92. The van der Waals surface area contributed by atoms with Crippen molar-refractivity contribution in [2.45, 2.75) is 38.1 Å². The molecule has 0 aromatic heterocycles. The van der Waals surface area contributed by atoms with Crippen molar-refractivity contribution in [3.63, 3.8) is 0 Å². The minimum absolute atomic E-state index is 0.151. The number of ether oxygens (including phenoxy) is 2. The molecule has 2 rings (SSSR count). The lowest BCUT2D eigenvalue weighted by molar-refractivity contribution is -0.174. The van der Waals surface area contributed by atoms with Gasteiger partial charge in [-0.15, -0.1) is 0 Å². The largest absolute Gasteiger partial charge is 0.399 e. The van der Waals surface area contributed by atoms with E-state index in [-0.39, 0.29) is 6.29 Å². The lowest BCUT2D eigenvalue weighted by atomic mass is 10.1. The molecular formula is C14H21NO3. The topological polar surface area (TPSA) is 64.7 Å². The normalized spacial score (nSPS) is 21.7. The maximum Gasteiger partial charge on any atom is 0.157 e. The van der Waals surface area contributed by atoms with Crippen molar-refractivity contribution in [3.05, 3.63) is 29.8 Å². The van der Waals surface area contributed by atoms with E-state index in [0.29, 0.717) is 18.7 Å². The molecule has 1 heterocycles. The molecule has 1 aliphatic rings. The molecule has 1 aliphatic heterocycles. The van der Waals surface area contributed by atoms with Crippen LogP contribution in [0.4, 0.5) is 5.69 Å². The standard InChI is InChI=1S/C14H21NO3/c15-13-6-2-1-5-11(13)9-12(16)10-18-14-7-3-4-8-17-14/h1-2,5-6,12,14,16H,3-4,7-10,15H2. The SMILES string of the molecule is Nc1ccccc1CC(O)COC1CCCCO1. The molecule has 1 aromatic carbocycles. The smallest absolute Gasteiger partial charge is 0.157 e. The van der Waals surface area contributed by atoms with Gasteiger partial charge in [0.05, 0.1) is 12.7 Å². The molecule has 4 heteroatoms. The van der Waals surface area contributed by atoms with Crippen LogP contribution in [-0.4, -0.2) is 30.7 Å². The Hall–Kier alpha value is -1.10. The molecule has 0 saturated carbocycles. The first kappa shape index (κ1) is 13.3.